The molecule has 0 radical (unpaired) electrons. The molecule has 0 fully saturated rings. The van der Waals surface area contributed by atoms with Crippen molar-refractivity contribution in [2.75, 3.05) is 11.1 Å². The number of hydrogen-bond donors (Lipinski definition) is 2. The third-order valence-corrected chi connectivity index (χ3v) is 2.52. The maximum Gasteiger partial charge on any atom is 0.221 e. The van der Waals surface area contributed by atoms with Gasteiger partial charge >= 0.3 is 0 Å². The fourth-order valence-corrected chi connectivity index (χ4v) is 1.82. The smallest absolute Gasteiger partial charge is 0.221 e. The van der Waals surface area contributed by atoms with Crippen LogP contribution in [0.4, 0.5) is 11.4 Å². The molecule has 0 saturated heterocycles. The molecule has 0 unspecified atom stereocenters. The number of benzene rings is 2. The highest BCUT2D eigenvalue weighted by Gasteiger charge is 2.01. The minimum absolute atomic E-state index is 0.115. The molecule has 0 spiro atoms. The zero-order valence-corrected chi connectivity index (χ0v) is 11.1. The number of anilines is 2. The van der Waals surface area contributed by atoms with Gasteiger partial charge in [0.1, 0.15) is 11.5 Å². The van der Waals surface area contributed by atoms with Crippen LogP contribution in [0.2, 0.25) is 5.02 Å². The van der Waals surface area contributed by atoms with Gasteiger partial charge < -0.3 is 15.8 Å². The Morgan fingerprint density at radius 2 is 1.84 bits per heavy atom. The van der Waals surface area contributed by atoms with Gasteiger partial charge in [-0.1, -0.05) is 11.6 Å². The number of nitrogens with one attached hydrogen (secondary N) is 1. The largest absolute Gasteiger partial charge is 0.457 e. The minimum Gasteiger partial charge on any atom is -0.457 e. The van der Waals surface area contributed by atoms with Crippen molar-refractivity contribution in [2.45, 2.75) is 6.92 Å². The van der Waals surface area contributed by atoms with E-state index in [1.54, 1.807) is 42.5 Å². The quantitative estimate of drug-likeness (QED) is 0.841. The SMILES string of the molecule is CC(=O)Nc1ccc(Oc2cc(N)cc(Cl)c2)cc1. The molecule has 19 heavy (non-hydrogen) atoms. The summed E-state index contributed by atoms with van der Waals surface area (Å²) < 4.78 is 5.62. The topological polar surface area (TPSA) is 64.3 Å². The Balaban J connectivity index is 2.12. The van der Waals surface area contributed by atoms with E-state index in [0.717, 1.165) is 0 Å². The second-order valence-electron chi connectivity index (χ2n) is 4.03. The molecular weight excluding hydrogens is 264 g/mol. The fourth-order valence-electron chi connectivity index (χ4n) is 1.59. The summed E-state index contributed by atoms with van der Waals surface area (Å²) in [7, 11) is 0. The van der Waals surface area contributed by atoms with Gasteiger partial charge in [-0.2, -0.15) is 0 Å². The number of amides is 1. The average Bonchev–Trinajstić information content (AvgIpc) is 2.29. The van der Waals surface area contributed by atoms with Gasteiger partial charge in [-0.05, 0) is 36.4 Å². The Morgan fingerprint density at radius 1 is 1.16 bits per heavy atom. The first-order valence-corrected chi connectivity index (χ1v) is 6.02. The number of hydrogen-bond acceptors (Lipinski definition) is 3. The average molecular weight is 277 g/mol. The van der Waals surface area contributed by atoms with Crippen LogP contribution in [0, 0.1) is 0 Å². The highest BCUT2D eigenvalue weighted by atomic mass is 35.5. The maximum atomic E-state index is 10.9. The number of halogens is 1. The third-order valence-electron chi connectivity index (χ3n) is 2.30. The van der Waals surface area contributed by atoms with E-state index in [-0.39, 0.29) is 5.91 Å². The van der Waals surface area contributed by atoms with E-state index >= 15 is 0 Å². The molecule has 2 aromatic carbocycles. The van der Waals surface area contributed by atoms with Crippen molar-refractivity contribution in [1.82, 2.24) is 0 Å². The first kappa shape index (κ1) is 13.2. The Morgan fingerprint density at radius 3 is 2.42 bits per heavy atom. The molecule has 0 aliphatic carbocycles. The molecule has 3 N–H and O–H groups in total. The molecule has 5 heteroatoms. The monoisotopic (exact) mass is 276 g/mol. The molecule has 0 aromatic heterocycles. The molecular formula is C14H13ClN2O2. The maximum absolute atomic E-state index is 10.9. The standard InChI is InChI=1S/C14H13ClN2O2/c1-9(18)17-12-2-4-13(5-3-12)19-14-7-10(15)6-11(16)8-14/h2-8H,16H2,1H3,(H,17,18). The first-order chi connectivity index (χ1) is 9.02. The number of carbonyl (C=O) groups is 1. The van der Waals surface area contributed by atoms with Crippen LogP contribution < -0.4 is 15.8 Å². The normalized spacial score (nSPS) is 10.0. The molecule has 2 rings (SSSR count). The fraction of sp³-hybridized carbons (Fsp3) is 0.0714. The van der Waals surface area contributed by atoms with Gasteiger partial charge in [0.15, 0.2) is 0 Å². The van der Waals surface area contributed by atoms with E-state index in [1.807, 2.05) is 0 Å². The van der Waals surface area contributed by atoms with Crippen molar-refractivity contribution in [3.63, 3.8) is 0 Å². The van der Waals surface area contributed by atoms with Gasteiger partial charge in [0.25, 0.3) is 0 Å². The van der Waals surface area contributed by atoms with Crippen LogP contribution in [-0.2, 0) is 4.79 Å². The van der Waals surface area contributed by atoms with E-state index in [9.17, 15) is 4.79 Å². The Labute approximate surface area is 116 Å². The molecule has 0 saturated carbocycles. The number of ether oxygens (including phenoxy) is 1. The lowest BCUT2D eigenvalue weighted by Crippen LogP contribution is -2.05. The first-order valence-electron chi connectivity index (χ1n) is 5.64. The number of rotatable bonds is 3. The van der Waals surface area contributed by atoms with Crippen LogP contribution in [0.15, 0.2) is 42.5 Å². The summed E-state index contributed by atoms with van der Waals surface area (Å²) in [5.41, 5.74) is 6.93. The Hall–Kier alpha value is -2.20. The van der Waals surface area contributed by atoms with Crippen LogP contribution in [0.25, 0.3) is 0 Å². The van der Waals surface area contributed by atoms with Crippen molar-refractivity contribution in [3.8, 4) is 11.5 Å². The molecule has 0 aliphatic rings. The lowest BCUT2D eigenvalue weighted by atomic mass is 10.3. The van der Waals surface area contributed by atoms with Crippen molar-refractivity contribution in [3.05, 3.63) is 47.5 Å². The van der Waals surface area contributed by atoms with Crippen LogP contribution in [0.1, 0.15) is 6.92 Å². The third kappa shape index (κ3) is 3.89. The van der Waals surface area contributed by atoms with Gasteiger partial charge in [0.2, 0.25) is 5.91 Å². The van der Waals surface area contributed by atoms with E-state index < -0.39 is 0 Å². The predicted molar refractivity (Wildman–Crippen MR) is 76.7 cm³/mol. The van der Waals surface area contributed by atoms with Crippen molar-refractivity contribution < 1.29 is 9.53 Å². The summed E-state index contributed by atoms with van der Waals surface area (Å²) in [4.78, 5) is 10.9. The molecule has 0 atom stereocenters. The van der Waals surface area contributed by atoms with Crippen molar-refractivity contribution in [2.24, 2.45) is 0 Å². The minimum atomic E-state index is -0.115. The number of nitrogens with two attached hydrogens (primary N) is 1. The van der Waals surface area contributed by atoms with Crippen molar-refractivity contribution >= 4 is 28.9 Å². The Kier molecular flexibility index (Phi) is 3.92. The van der Waals surface area contributed by atoms with E-state index in [4.69, 9.17) is 22.1 Å². The summed E-state index contributed by atoms with van der Waals surface area (Å²) in [6.45, 7) is 1.46. The summed E-state index contributed by atoms with van der Waals surface area (Å²) in [5, 5.41) is 3.20. The van der Waals surface area contributed by atoms with Gasteiger partial charge in [0, 0.05) is 29.4 Å². The second kappa shape index (κ2) is 5.63. The zero-order valence-electron chi connectivity index (χ0n) is 10.3. The summed E-state index contributed by atoms with van der Waals surface area (Å²) in [6.07, 6.45) is 0. The molecule has 2 aromatic rings. The highest BCUT2D eigenvalue weighted by Crippen LogP contribution is 2.27. The molecule has 0 bridgehead atoms. The second-order valence-corrected chi connectivity index (χ2v) is 4.46. The summed E-state index contributed by atoms with van der Waals surface area (Å²) in [6, 6.07) is 12.0. The lowest BCUT2D eigenvalue weighted by Gasteiger charge is -2.08. The van der Waals surface area contributed by atoms with Gasteiger partial charge in [-0.25, -0.2) is 0 Å². The molecule has 0 heterocycles. The molecule has 0 aliphatic heterocycles. The number of nitrogen functional groups attached to an aromatic ring is 1. The Bertz CT molecular complexity index is 577. The van der Waals surface area contributed by atoms with E-state index in [0.29, 0.717) is 27.9 Å². The van der Waals surface area contributed by atoms with Gasteiger partial charge in [0.05, 0.1) is 0 Å². The molecule has 4 nitrogen and oxygen atoms in total. The highest BCUT2D eigenvalue weighted by molar-refractivity contribution is 6.31. The molecule has 1 amide bonds. The van der Waals surface area contributed by atoms with Crippen LogP contribution in [0.5, 0.6) is 11.5 Å². The molecule has 98 valence electrons. The zero-order chi connectivity index (χ0) is 13.8. The lowest BCUT2D eigenvalue weighted by molar-refractivity contribution is -0.114. The summed E-state index contributed by atoms with van der Waals surface area (Å²) in [5.74, 6) is 1.09. The van der Waals surface area contributed by atoms with Crippen LogP contribution >= 0.6 is 11.6 Å². The van der Waals surface area contributed by atoms with Gasteiger partial charge in [-0.3, -0.25) is 4.79 Å². The number of carbonyl (C=O) groups excluding carboxylic acids is 1. The van der Waals surface area contributed by atoms with Gasteiger partial charge in [-0.15, -0.1) is 0 Å². The van der Waals surface area contributed by atoms with E-state index in [2.05, 4.69) is 5.32 Å². The van der Waals surface area contributed by atoms with E-state index in [1.165, 1.54) is 6.92 Å². The summed E-state index contributed by atoms with van der Waals surface area (Å²) >= 11 is 5.89. The predicted octanol–water partition coefficient (Wildman–Crippen LogP) is 3.67. The van der Waals surface area contributed by atoms with Crippen LogP contribution in [0.3, 0.4) is 0 Å². The van der Waals surface area contributed by atoms with Crippen LogP contribution in [-0.4, -0.2) is 5.91 Å². The van der Waals surface area contributed by atoms with Crippen molar-refractivity contribution in [1.29, 1.82) is 0 Å².